The van der Waals surface area contributed by atoms with E-state index < -0.39 is 0 Å². The number of nitrogens with one attached hydrogen (secondary N) is 1. The summed E-state index contributed by atoms with van der Waals surface area (Å²) in [6.07, 6.45) is 7.87. The van der Waals surface area contributed by atoms with E-state index in [0.29, 0.717) is 0 Å². The van der Waals surface area contributed by atoms with Crippen LogP contribution < -0.4 is 10.2 Å². The molecule has 1 N–H and O–H groups in total. The maximum atomic E-state index is 4.30. The van der Waals surface area contributed by atoms with Gasteiger partial charge in [-0.1, -0.05) is 0 Å². The van der Waals surface area contributed by atoms with Crippen molar-refractivity contribution in [1.29, 1.82) is 0 Å². The summed E-state index contributed by atoms with van der Waals surface area (Å²) in [7, 11) is 2.21. The number of hydrogen-bond donors (Lipinski definition) is 1. The number of pyridine rings is 1. The summed E-state index contributed by atoms with van der Waals surface area (Å²) in [5.41, 5.74) is 2.72. The summed E-state index contributed by atoms with van der Waals surface area (Å²) in [6, 6.07) is 2.93. The van der Waals surface area contributed by atoms with Crippen LogP contribution in [0.15, 0.2) is 18.5 Å². The van der Waals surface area contributed by atoms with Gasteiger partial charge in [0.1, 0.15) is 0 Å². The van der Waals surface area contributed by atoms with Crippen molar-refractivity contribution in [2.45, 2.75) is 31.8 Å². The molecule has 104 valence electrons. The van der Waals surface area contributed by atoms with E-state index in [1.165, 1.54) is 37.1 Å². The van der Waals surface area contributed by atoms with Gasteiger partial charge >= 0.3 is 0 Å². The van der Waals surface area contributed by atoms with Gasteiger partial charge in [0.15, 0.2) is 0 Å². The van der Waals surface area contributed by atoms with E-state index in [4.69, 9.17) is 0 Å². The van der Waals surface area contributed by atoms with E-state index in [0.717, 1.165) is 32.2 Å². The Morgan fingerprint density at radius 3 is 3.00 bits per heavy atom. The Labute approximate surface area is 115 Å². The third-order valence-corrected chi connectivity index (χ3v) is 4.10. The molecule has 0 radical (unpaired) electrons. The molecular formula is C15H24N4. The van der Waals surface area contributed by atoms with Crippen LogP contribution in [0.25, 0.3) is 0 Å². The normalized spacial score (nSPS) is 21.4. The van der Waals surface area contributed by atoms with Crippen molar-refractivity contribution in [3.05, 3.63) is 24.0 Å². The molecule has 1 aromatic rings. The van der Waals surface area contributed by atoms with E-state index in [9.17, 15) is 0 Å². The third-order valence-electron chi connectivity index (χ3n) is 4.10. The maximum absolute atomic E-state index is 4.30. The zero-order valence-electron chi connectivity index (χ0n) is 11.8. The summed E-state index contributed by atoms with van der Waals surface area (Å²) < 4.78 is 0. The highest BCUT2D eigenvalue weighted by Crippen LogP contribution is 2.23. The lowest BCUT2D eigenvalue weighted by Gasteiger charge is -2.25. The second-order valence-electron chi connectivity index (χ2n) is 5.80. The monoisotopic (exact) mass is 260 g/mol. The van der Waals surface area contributed by atoms with Crippen molar-refractivity contribution >= 4 is 5.69 Å². The lowest BCUT2D eigenvalue weighted by Crippen LogP contribution is -2.30. The molecule has 1 saturated carbocycles. The van der Waals surface area contributed by atoms with Gasteiger partial charge in [-0.05, 0) is 38.9 Å². The topological polar surface area (TPSA) is 31.4 Å². The Hall–Kier alpha value is -1.13. The van der Waals surface area contributed by atoms with Crippen LogP contribution in [0.2, 0.25) is 0 Å². The molecule has 2 fully saturated rings. The molecule has 0 unspecified atom stereocenters. The average molecular weight is 260 g/mol. The van der Waals surface area contributed by atoms with Gasteiger partial charge in [0.25, 0.3) is 0 Å². The largest absolute Gasteiger partial charge is 0.370 e. The standard InChI is InChI=1S/C15H24N4/c1-18-7-2-8-19(10-9-18)15-5-6-16-11-13(15)12-17-14-3-4-14/h5-6,11,14,17H,2-4,7-10,12H2,1H3. The fourth-order valence-electron chi connectivity index (χ4n) is 2.69. The van der Waals surface area contributed by atoms with Gasteiger partial charge in [-0.25, -0.2) is 0 Å². The van der Waals surface area contributed by atoms with Crippen molar-refractivity contribution in [3.8, 4) is 0 Å². The van der Waals surface area contributed by atoms with Crippen molar-refractivity contribution in [1.82, 2.24) is 15.2 Å². The van der Waals surface area contributed by atoms with E-state index in [1.807, 2.05) is 12.4 Å². The first kappa shape index (κ1) is 12.9. The van der Waals surface area contributed by atoms with Crippen molar-refractivity contribution in [2.75, 3.05) is 38.1 Å². The molecule has 1 saturated heterocycles. The van der Waals surface area contributed by atoms with Crippen molar-refractivity contribution < 1.29 is 0 Å². The van der Waals surface area contributed by atoms with Crippen LogP contribution in [0.4, 0.5) is 5.69 Å². The second-order valence-corrected chi connectivity index (χ2v) is 5.80. The molecule has 0 bridgehead atoms. The van der Waals surface area contributed by atoms with Gasteiger partial charge in [-0.15, -0.1) is 0 Å². The molecule has 1 aromatic heterocycles. The average Bonchev–Trinajstić information content (AvgIpc) is 3.25. The summed E-state index contributed by atoms with van der Waals surface area (Å²) >= 11 is 0. The van der Waals surface area contributed by atoms with Crippen molar-refractivity contribution in [2.24, 2.45) is 0 Å². The van der Waals surface area contributed by atoms with Gasteiger partial charge < -0.3 is 15.1 Å². The minimum atomic E-state index is 0.753. The van der Waals surface area contributed by atoms with Gasteiger partial charge in [-0.2, -0.15) is 0 Å². The van der Waals surface area contributed by atoms with Crippen molar-refractivity contribution in [3.63, 3.8) is 0 Å². The first-order chi connectivity index (χ1) is 9.33. The zero-order valence-corrected chi connectivity index (χ0v) is 11.8. The molecule has 0 spiro atoms. The fraction of sp³-hybridized carbons (Fsp3) is 0.667. The molecule has 2 heterocycles. The van der Waals surface area contributed by atoms with Gasteiger partial charge in [0.05, 0.1) is 0 Å². The fourth-order valence-corrected chi connectivity index (χ4v) is 2.69. The Morgan fingerprint density at radius 1 is 1.26 bits per heavy atom. The molecule has 4 nitrogen and oxygen atoms in total. The van der Waals surface area contributed by atoms with Gasteiger partial charge in [-0.3, -0.25) is 4.98 Å². The highest BCUT2D eigenvalue weighted by molar-refractivity contribution is 5.52. The highest BCUT2D eigenvalue weighted by Gasteiger charge is 2.21. The first-order valence-electron chi connectivity index (χ1n) is 7.43. The van der Waals surface area contributed by atoms with E-state index in [2.05, 4.69) is 33.2 Å². The van der Waals surface area contributed by atoms with Crippen LogP contribution in [-0.4, -0.2) is 49.2 Å². The molecule has 3 rings (SSSR count). The predicted molar refractivity (Wildman–Crippen MR) is 78.4 cm³/mol. The molecule has 0 amide bonds. The summed E-state index contributed by atoms with van der Waals surface area (Å²) in [4.78, 5) is 9.24. The molecular weight excluding hydrogens is 236 g/mol. The Morgan fingerprint density at radius 2 is 2.16 bits per heavy atom. The minimum Gasteiger partial charge on any atom is -0.370 e. The minimum absolute atomic E-state index is 0.753. The van der Waals surface area contributed by atoms with Crippen LogP contribution >= 0.6 is 0 Å². The Bertz CT molecular complexity index is 416. The number of likely N-dealkylation sites (N-methyl/N-ethyl adjacent to an activating group) is 1. The van der Waals surface area contributed by atoms with Gasteiger partial charge in [0.2, 0.25) is 0 Å². The summed E-state index contributed by atoms with van der Waals surface area (Å²) in [6.45, 7) is 5.59. The van der Waals surface area contributed by atoms with E-state index >= 15 is 0 Å². The number of anilines is 1. The van der Waals surface area contributed by atoms with Crippen LogP contribution in [0.1, 0.15) is 24.8 Å². The number of rotatable bonds is 4. The van der Waals surface area contributed by atoms with Crippen LogP contribution in [0.5, 0.6) is 0 Å². The van der Waals surface area contributed by atoms with E-state index in [-0.39, 0.29) is 0 Å². The van der Waals surface area contributed by atoms with E-state index in [1.54, 1.807) is 0 Å². The van der Waals surface area contributed by atoms with Gasteiger partial charge in [0, 0.05) is 55.9 Å². The Kier molecular flexibility index (Phi) is 3.99. The zero-order chi connectivity index (χ0) is 13.1. The second kappa shape index (κ2) is 5.88. The maximum Gasteiger partial charge on any atom is 0.0443 e. The third kappa shape index (κ3) is 3.45. The predicted octanol–water partition coefficient (Wildman–Crippen LogP) is 1.48. The SMILES string of the molecule is CN1CCCN(c2ccncc2CNC2CC2)CC1. The van der Waals surface area contributed by atoms with Crippen LogP contribution in [0.3, 0.4) is 0 Å². The molecule has 0 atom stereocenters. The molecule has 4 heteroatoms. The number of aromatic nitrogens is 1. The molecule has 1 aliphatic heterocycles. The number of hydrogen-bond acceptors (Lipinski definition) is 4. The summed E-state index contributed by atoms with van der Waals surface area (Å²) in [5.74, 6) is 0. The quantitative estimate of drug-likeness (QED) is 0.888. The molecule has 19 heavy (non-hydrogen) atoms. The molecule has 2 aliphatic rings. The number of nitrogens with zero attached hydrogens (tertiary/aromatic N) is 3. The lowest BCUT2D eigenvalue weighted by atomic mass is 10.2. The molecule has 0 aromatic carbocycles. The summed E-state index contributed by atoms with van der Waals surface area (Å²) in [5, 5.41) is 3.60. The highest BCUT2D eigenvalue weighted by atomic mass is 15.2. The lowest BCUT2D eigenvalue weighted by molar-refractivity contribution is 0.360. The molecule has 1 aliphatic carbocycles. The smallest absolute Gasteiger partial charge is 0.0443 e. The Balaban J connectivity index is 1.70. The van der Waals surface area contributed by atoms with Crippen LogP contribution in [0, 0.1) is 0 Å². The van der Waals surface area contributed by atoms with Crippen LogP contribution in [-0.2, 0) is 6.54 Å². The first-order valence-corrected chi connectivity index (χ1v) is 7.43.